The van der Waals surface area contributed by atoms with Crippen molar-refractivity contribution in [2.75, 3.05) is 11.1 Å². The van der Waals surface area contributed by atoms with E-state index in [1.54, 1.807) is 11.3 Å². The maximum absolute atomic E-state index is 5.77. The Morgan fingerprint density at radius 3 is 2.50 bits per heavy atom. The van der Waals surface area contributed by atoms with E-state index in [4.69, 9.17) is 5.73 Å². The van der Waals surface area contributed by atoms with Crippen LogP contribution in [0.1, 0.15) is 40.0 Å². The van der Waals surface area contributed by atoms with Gasteiger partial charge in [-0.2, -0.15) is 4.98 Å². The molecule has 0 aliphatic rings. The smallest absolute Gasteiger partial charge is 0.223 e. The first-order valence-corrected chi connectivity index (χ1v) is 7.31. The van der Waals surface area contributed by atoms with Gasteiger partial charge in [0, 0.05) is 5.54 Å². The predicted molar refractivity (Wildman–Crippen MR) is 79.1 cm³/mol. The van der Waals surface area contributed by atoms with E-state index in [1.165, 1.54) is 0 Å². The molecule has 2 heterocycles. The Morgan fingerprint density at radius 2 is 1.89 bits per heavy atom. The van der Waals surface area contributed by atoms with E-state index in [1.807, 2.05) is 11.4 Å². The van der Waals surface area contributed by atoms with Crippen molar-refractivity contribution in [2.45, 2.75) is 45.6 Å². The SMILES string of the molecule is CCC(CC)(CC)Nc1nc(N)nc2sccc12. The molecule has 0 saturated carbocycles. The van der Waals surface area contributed by atoms with Gasteiger partial charge in [-0.1, -0.05) is 20.8 Å². The Labute approximate surface area is 112 Å². The summed E-state index contributed by atoms with van der Waals surface area (Å²) in [4.78, 5) is 9.56. The van der Waals surface area contributed by atoms with Crippen LogP contribution in [0.4, 0.5) is 11.8 Å². The van der Waals surface area contributed by atoms with Crippen LogP contribution in [0.5, 0.6) is 0 Å². The summed E-state index contributed by atoms with van der Waals surface area (Å²) in [7, 11) is 0. The highest BCUT2D eigenvalue weighted by Crippen LogP contribution is 2.31. The van der Waals surface area contributed by atoms with Gasteiger partial charge in [0.15, 0.2) is 0 Å². The number of thiophene rings is 1. The molecule has 18 heavy (non-hydrogen) atoms. The second-order valence-electron chi connectivity index (χ2n) is 4.54. The minimum absolute atomic E-state index is 0.0929. The number of hydrogen-bond donors (Lipinski definition) is 2. The standard InChI is InChI=1S/C13H20N4S/c1-4-13(5-2,6-3)17-10-9-7-8-18-11(9)16-12(14)15-10/h7-8H,4-6H2,1-3H3,(H3,14,15,16,17). The number of aromatic nitrogens is 2. The van der Waals surface area contributed by atoms with Gasteiger partial charge in [0.05, 0.1) is 5.39 Å². The van der Waals surface area contributed by atoms with Crippen molar-refractivity contribution in [2.24, 2.45) is 0 Å². The molecule has 98 valence electrons. The van der Waals surface area contributed by atoms with Gasteiger partial charge in [-0.15, -0.1) is 11.3 Å². The molecular weight excluding hydrogens is 244 g/mol. The fraction of sp³-hybridized carbons (Fsp3) is 0.538. The Morgan fingerprint density at radius 1 is 1.22 bits per heavy atom. The lowest BCUT2D eigenvalue weighted by Gasteiger charge is -2.32. The van der Waals surface area contributed by atoms with Crippen LogP contribution in [0.15, 0.2) is 11.4 Å². The number of nitrogens with zero attached hydrogens (tertiary/aromatic N) is 2. The summed E-state index contributed by atoms with van der Waals surface area (Å²) in [5, 5.41) is 6.67. The number of fused-ring (bicyclic) bond motifs is 1. The molecule has 0 bridgehead atoms. The molecule has 0 radical (unpaired) electrons. The summed E-state index contributed by atoms with van der Waals surface area (Å²) in [6, 6.07) is 2.05. The third-order valence-electron chi connectivity index (χ3n) is 3.76. The Balaban J connectivity index is 2.44. The minimum Gasteiger partial charge on any atom is -0.368 e. The fourth-order valence-corrected chi connectivity index (χ4v) is 3.00. The number of nitrogens with one attached hydrogen (secondary N) is 1. The average Bonchev–Trinajstić information content (AvgIpc) is 2.84. The monoisotopic (exact) mass is 264 g/mol. The second kappa shape index (κ2) is 5.10. The van der Waals surface area contributed by atoms with E-state index in [2.05, 4.69) is 36.1 Å². The molecule has 2 aromatic heterocycles. The van der Waals surface area contributed by atoms with Gasteiger partial charge in [-0.05, 0) is 30.7 Å². The lowest BCUT2D eigenvalue weighted by molar-refractivity contribution is 0.419. The van der Waals surface area contributed by atoms with Crippen molar-refractivity contribution >= 4 is 33.3 Å². The van der Waals surface area contributed by atoms with E-state index >= 15 is 0 Å². The Kier molecular flexibility index (Phi) is 3.71. The van der Waals surface area contributed by atoms with E-state index in [-0.39, 0.29) is 5.54 Å². The van der Waals surface area contributed by atoms with Crippen LogP contribution < -0.4 is 11.1 Å². The molecule has 0 atom stereocenters. The van der Waals surface area contributed by atoms with Gasteiger partial charge in [0.2, 0.25) is 5.95 Å². The van der Waals surface area contributed by atoms with Gasteiger partial charge >= 0.3 is 0 Å². The van der Waals surface area contributed by atoms with Crippen LogP contribution in [0.25, 0.3) is 10.2 Å². The second-order valence-corrected chi connectivity index (χ2v) is 5.43. The lowest BCUT2D eigenvalue weighted by Crippen LogP contribution is -2.36. The zero-order valence-corrected chi connectivity index (χ0v) is 12.0. The molecule has 0 aliphatic heterocycles. The molecule has 0 aromatic carbocycles. The van der Waals surface area contributed by atoms with Crippen LogP contribution in [0, 0.1) is 0 Å². The summed E-state index contributed by atoms with van der Waals surface area (Å²) in [5.41, 5.74) is 5.86. The van der Waals surface area contributed by atoms with Crippen molar-refractivity contribution in [3.8, 4) is 0 Å². The van der Waals surface area contributed by atoms with Gasteiger partial charge < -0.3 is 11.1 Å². The van der Waals surface area contributed by atoms with Crippen LogP contribution in [-0.2, 0) is 0 Å². The maximum atomic E-state index is 5.77. The number of anilines is 2. The topological polar surface area (TPSA) is 63.8 Å². The highest BCUT2D eigenvalue weighted by atomic mass is 32.1. The Hall–Kier alpha value is -1.36. The molecule has 0 amide bonds. The van der Waals surface area contributed by atoms with Gasteiger partial charge in [-0.3, -0.25) is 0 Å². The molecule has 0 aliphatic carbocycles. The van der Waals surface area contributed by atoms with E-state index < -0.39 is 0 Å². The first kappa shape index (κ1) is 13.1. The van der Waals surface area contributed by atoms with Crippen molar-refractivity contribution in [3.05, 3.63) is 11.4 Å². The van der Waals surface area contributed by atoms with E-state index in [0.29, 0.717) is 5.95 Å². The molecule has 0 fully saturated rings. The summed E-state index contributed by atoms with van der Waals surface area (Å²) >= 11 is 1.59. The average molecular weight is 264 g/mol. The molecule has 4 nitrogen and oxygen atoms in total. The summed E-state index contributed by atoms with van der Waals surface area (Å²) in [6.45, 7) is 6.61. The zero-order chi connectivity index (χ0) is 13.2. The number of nitrogens with two attached hydrogens (primary N) is 1. The largest absolute Gasteiger partial charge is 0.368 e. The third kappa shape index (κ3) is 2.27. The van der Waals surface area contributed by atoms with Gasteiger partial charge in [0.25, 0.3) is 0 Å². The molecule has 5 heteroatoms. The highest BCUT2D eigenvalue weighted by Gasteiger charge is 2.25. The van der Waals surface area contributed by atoms with Crippen molar-refractivity contribution in [1.29, 1.82) is 0 Å². The summed E-state index contributed by atoms with van der Waals surface area (Å²) < 4.78 is 0. The van der Waals surface area contributed by atoms with Crippen LogP contribution in [0.3, 0.4) is 0 Å². The number of rotatable bonds is 5. The number of nitrogen functional groups attached to an aromatic ring is 1. The maximum Gasteiger partial charge on any atom is 0.223 e. The van der Waals surface area contributed by atoms with Crippen molar-refractivity contribution in [1.82, 2.24) is 9.97 Å². The molecule has 3 N–H and O–H groups in total. The molecule has 0 saturated heterocycles. The molecular formula is C13H20N4S. The van der Waals surface area contributed by atoms with Crippen LogP contribution in [0.2, 0.25) is 0 Å². The van der Waals surface area contributed by atoms with Crippen LogP contribution >= 0.6 is 11.3 Å². The van der Waals surface area contributed by atoms with Crippen molar-refractivity contribution in [3.63, 3.8) is 0 Å². The normalized spacial score (nSPS) is 11.9. The zero-order valence-electron chi connectivity index (χ0n) is 11.2. The van der Waals surface area contributed by atoms with E-state index in [9.17, 15) is 0 Å². The molecule has 2 aromatic rings. The number of hydrogen-bond acceptors (Lipinski definition) is 5. The first-order valence-electron chi connectivity index (χ1n) is 6.43. The van der Waals surface area contributed by atoms with Gasteiger partial charge in [-0.25, -0.2) is 4.98 Å². The summed E-state index contributed by atoms with van der Waals surface area (Å²) in [6.07, 6.45) is 3.20. The highest BCUT2D eigenvalue weighted by molar-refractivity contribution is 7.16. The van der Waals surface area contributed by atoms with Crippen LogP contribution in [-0.4, -0.2) is 15.5 Å². The fourth-order valence-electron chi connectivity index (χ4n) is 2.23. The minimum atomic E-state index is 0.0929. The summed E-state index contributed by atoms with van der Waals surface area (Å²) in [5.74, 6) is 1.20. The van der Waals surface area contributed by atoms with E-state index in [0.717, 1.165) is 35.3 Å². The predicted octanol–water partition coefficient (Wildman–Crippen LogP) is 3.65. The van der Waals surface area contributed by atoms with Gasteiger partial charge in [0.1, 0.15) is 10.6 Å². The quantitative estimate of drug-likeness (QED) is 0.865. The first-order chi connectivity index (χ1) is 8.64. The lowest BCUT2D eigenvalue weighted by atomic mass is 9.90. The molecule has 0 unspecified atom stereocenters. The van der Waals surface area contributed by atoms with Crippen molar-refractivity contribution < 1.29 is 0 Å². The molecule has 0 spiro atoms. The Bertz CT molecular complexity index is 523. The third-order valence-corrected chi connectivity index (χ3v) is 4.56. The molecule has 2 rings (SSSR count).